The van der Waals surface area contributed by atoms with Gasteiger partial charge >= 0.3 is 0 Å². The van der Waals surface area contributed by atoms with Crippen LogP contribution in [0.2, 0.25) is 0 Å². The van der Waals surface area contributed by atoms with Gasteiger partial charge in [-0.05, 0) is 24.3 Å². The van der Waals surface area contributed by atoms with Crippen LogP contribution in [0.5, 0.6) is 0 Å². The monoisotopic (exact) mass is 199 g/mol. The summed E-state index contributed by atoms with van der Waals surface area (Å²) in [7, 11) is 0. The Balaban J connectivity index is 2.66. The number of hydrogen-bond donors (Lipinski definition) is 1. The lowest BCUT2D eigenvalue weighted by Gasteiger charge is -2.13. The summed E-state index contributed by atoms with van der Waals surface area (Å²) in [5, 5.41) is 0.882. The van der Waals surface area contributed by atoms with Crippen molar-refractivity contribution in [3.63, 3.8) is 0 Å². The molecule has 0 fully saturated rings. The summed E-state index contributed by atoms with van der Waals surface area (Å²) >= 11 is 1.85. The molecule has 1 unspecified atom stereocenters. The molecule has 1 atom stereocenters. The van der Waals surface area contributed by atoms with Gasteiger partial charge in [0.15, 0.2) is 0 Å². The Kier molecular flexibility index (Phi) is 3.88. The van der Waals surface area contributed by atoms with E-state index in [1.807, 2.05) is 30.8 Å². The summed E-state index contributed by atoms with van der Waals surface area (Å²) in [6, 6.07) is 4.00. The summed E-state index contributed by atoms with van der Waals surface area (Å²) in [6.45, 7) is 6.93. The van der Waals surface area contributed by atoms with Crippen molar-refractivity contribution in [2.75, 3.05) is 6.54 Å². The molecule has 3 heteroatoms. The summed E-state index contributed by atoms with van der Waals surface area (Å²) in [6.07, 6.45) is 0. The number of hydrogen-bond acceptors (Lipinski definition) is 3. The third kappa shape index (κ3) is 3.08. The highest BCUT2D eigenvalue weighted by molar-refractivity contribution is 8.00. The summed E-state index contributed by atoms with van der Waals surface area (Å²) in [5.41, 5.74) is 5.68. The smallest absolute Gasteiger partial charge is 0.118 e. The second-order valence-electron chi connectivity index (χ2n) is 3.36. The van der Waals surface area contributed by atoms with Gasteiger partial charge in [-0.15, -0.1) is 11.8 Å². The largest absolute Gasteiger partial charge is 0.465 e. The second-order valence-corrected chi connectivity index (χ2v) is 5.14. The van der Waals surface area contributed by atoms with Crippen molar-refractivity contribution in [1.82, 2.24) is 0 Å². The normalized spacial score (nSPS) is 13.6. The number of furan rings is 1. The van der Waals surface area contributed by atoms with E-state index in [0.717, 1.165) is 11.5 Å². The maximum atomic E-state index is 5.68. The first kappa shape index (κ1) is 10.7. The minimum atomic E-state index is 0.300. The molecule has 0 amide bonds. The highest BCUT2D eigenvalue weighted by Crippen LogP contribution is 2.31. The Morgan fingerprint density at radius 2 is 2.15 bits per heavy atom. The van der Waals surface area contributed by atoms with Crippen molar-refractivity contribution in [1.29, 1.82) is 0 Å². The van der Waals surface area contributed by atoms with Gasteiger partial charge in [-0.25, -0.2) is 0 Å². The van der Waals surface area contributed by atoms with Gasteiger partial charge in [0.2, 0.25) is 0 Å². The van der Waals surface area contributed by atoms with E-state index in [9.17, 15) is 0 Å². The maximum Gasteiger partial charge on any atom is 0.118 e. The molecule has 13 heavy (non-hydrogen) atoms. The van der Waals surface area contributed by atoms with Crippen LogP contribution in [-0.2, 0) is 0 Å². The maximum absolute atomic E-state index is 5.68. The fraction of sp³-hybridized carbons (Fsp3) is 0.600. The zero-order valence-electron chi connectivity index (χ0n) is 8.41. The average Bonchev–Trinajstić information content (AvgIpc) is 2.47. The highest BCUT2D eigenvalue weighted by Gasteiger charge is 2.15. The summed E-state index contributed by atoms with van der Waals surface area (Å²) in [5.74, 6) is 1.96. The molecule has 2 nitrogen and oxygen atoms in total. The van der Waals surface area contributed by atoms with E-state index in [1.54, 1.807) is 0 Å². The Morgan fingerprint density at radius 3 is 2.54 bits per heavy atom. The molecule has 0 saturated heterocycles. The second kappa shape index (κ2) is 4.72. The SMILES string of the molecule is Cc1ccc(C(CN)SC(C)C)o1. The van der Waals surface area contributed by atoms with Crippen molar-refractivity contribution < 1.29 is 4.42 Å². The van der Waals surface area contributed by atoms with Crippen LogP contribution in [0.1, 0.15) is 30.6 Å². The number of rotatable bonds is 4. The number of aryl methyl sites for hydroxylation is 1. The summed E-state index contributed by atoms with van der Waals surface area (Å²) < 4.78 is 5.54. The number of nitrogens with two attached hydrogens (primary N) is 1. The highest BCUT2D eigenvalue weighted by atomic mass is 32.2. The molecule has 1 aromatic rings. The molecule has 0 bridgehead atoms. The van der Waals surface area contributed by atoms with Crippen molar-refractivity contribution in [3.8, 4) is 0 Å². The van der Waals surface area contributed by atoms with E-state index >= 15 is 0 Å². The molecule has 2 N–H and O–H groups in total. The van der Waals surface area contributed by atoms with E-state index in [-0.39, 0.29) is 0 Å². The first-order chi connectivity index (χ1) is 6.13. The van der Waals surface area contributed by atoms with Crippen LogP contribution in [0.15, 0.2) is 16.5 Å². The predicted octanol–water partition coefficient (Wildman–Crippen LogP) is 2.73. The quantitative estimate of drug-likeness (QED) is 0.810. The number of thioether (sulfide) groups is 1. The van der Waals surface area contributed by atoms with E-state index in [1.165, 1.54) is 0 Å². The molecule has 0 spiro atoms. The first-order valence-corrected chi connectivity index (χ1v) is 5.49. The predicted molar refractivity (Wildman–Crippen MR) is 58.0 cm³/mol. The molecule has 1 rings (SSSR count). The molecule has 1 heterocycles. The Bertz CT molecular complexity index is 257. The molecule has 0 aromatic carbocycles. The lowest BCUT2D eigenvalue weighted by Crippen LogP contribution is -2.10. The summed E-state index contributed by atoms with van der Waals surface area (Å²) in [4.78, 5) is 0. The molecular weight excluding hydrogens is 182 g/mol. The average molecular weight is 199 g/mol. The third-order valence-corrected chi connectivity index (χ3v) is 3.03. The van der Waals surface area contributed by atoms with E-state index < -0.39 is 0 Å². The Labute approximate surface area is 83.9 Å². The molecule has 0 aliphatic rings. The topological polar surface area (TPSA) is 39.2 Å². The van der Waals surface area contributed by atoms with Crippen molar-refractivity contribution in [3.05, 3.63) is 23.7 Å². The van der Waals surface area contributed by atoms with Crippen LogP contribution < -0.4 is 5.73 Å². The van der Waals surface area contributed by atoms with Crippen LogP contribution in [0.3, 0.4) is 0 Å². The van der Waals surface area contributed by atoms with E-state index in [2.05, 4.69) is 13.8 Å². The van der Waals surface area contributed by atoms with Gasteiger partial charge in [0.05, 0.1) is 5.25 Å². The standard InChI is InChI=1S/C10H17NOS/c1-7(2)13-10(6-11)9-5-4-8(3)12-9/h4-5,7,10H,6,11H2,1-3H3. The van der Waals surface area contributed by atoms with Gasteiger partial charge in [0.25, 0.3) is 0 Å². The van der Waals surface area contributed by atoms with Gasteiger partial charge in [0.1, 0.15) is 11.5 Å². The molecule has 0 aliphatic carbocycles. The zero-order chi connectivity index (χ0) is 9.84. The molecule has 0 radical (unpaired) electrons. The van der Waals surface area contributed by atoms with E-state index in [4.69, 9.17) is 10.2 Å². The van der Waals surface area contributed by atoms with Crippen LogP contribution in [0.25, 0.3) is 0 Å². The first-order valence-electron chi connectivity index (χ1n) is 4.55. The minimum absolute atomic E-state index is 0.300. The molecular formula is C10H17NOS. The lowest BCUT2D eigenvalue weighted by molar-refractivity contribution is 0.481. The lowest BCUT2D eigenvalue weighted by atomic mass is 10.3. The van der Waals surface area contributed by atoms with Gasteiger partial charge in [-0.1, -0.05) is 13.8 Å². The van der Waals surface area contributed by atoms with Crippen molar-refractivity contribution >= 4 is 11.8 Å². The van der Waals surface area contributed by atoms with Crippen LogP contribution in [0.4, 0.5) is 0 Å². The van der Waals surface area contributed by atoms with Crippen molar-refractivity contribution in [2.45, 2.75) is 31.3 Å². The molecule has 0 aliphatic heterocycles. The van der Waals surface area contributed by atoms with Crippen LogP contribution >= 0.6 is 11.8 Å². The zero-order valence-corrected chi connectivity index (χ0v) is 9.23. The molecule has 74 valence electrons. The molecule has 0 saturated carbocycles. The van der Waals surface area contributed by atoms with Gasteiger partial charge < -0.3 is 10.2 Å². The van der Waals surface area contributed by atoms with Gasteiger partial charge in [0, 0.05) is 6.54 Å². The third-order valence-electron chi connectivity index (χ3n) is 1.73. The Morgan fingerprint density at radius 1 is 1.46 bits per heavy atom. The fourth-order valence-corrected chi connectivity index (χ4v) is 2.22. The Hall–Kier alpha value is -0.410. The van der Waals surface area contributed by atoms with E-state index in [0.29, 0.717) is 17.0 Å². The van der Waals surface area contributed by atoms with Crippen LogP contribution in [0, 0.1) is 6.92 Å². The minimum Gasteiger partial charge on any atom is -0.465 e. The van der Waals surface area contributed by atoms with Gasteiger partial charge in [-0.2, -0.15) is 0 Å². The van der Waals surface area contributed by atoms with Crippen LogP contribution in [-0.4, -0.2) is 11.8 Å². The van der Waals surface area contributed by atoms with Gasteiger partial charge in [-0.3, -0.25) is 0 Å². The van der Waals surface area contributed by atoms with Crippen molar-refractivity contribution in [2.24, 2.45) is 5.73 Å². The molecule has 1 aromatic heterocycles. The fourth-order valence-electron chi connectivity index (χ4n) is 1.19.